The smallest absolute Gasteiger partial charge is 0.410 e. The molecule has 4 rings (SSSR count). The monoisotopic (exact) mass is 696 g/mol. The molecule has 50 heavy (non-hydrogen) atoms. The number of cyclic esters (lactones) is 1. The molecule has 1 amide bonds. The number of ether oxygens (including phenoxy) is 1. The molecule has 1 heterocycles. The van der Waals surface area contributed by atoms with Crippen molar-refractivity contribution >= 4 is 24.8 Å². The summed E-state index contributed by atoms with van der Waals surface area (Å²) in [6, 6.07) is 30.1. The predicted molar refractivity (Wildman–Crippen MR) is 208 cm³/mol. The van der Waals surface area contributed by atoms with Gasteiger partial charge in [0.05, 0.1) is 12.1 Å². The zero-order valence-electron chi connectivity index (χ0n) is 31.0. The van der Waals surface area contributed by atoms with Gasteiger partial charge in [0, 0.05) is 18.1 Å². The second kappa shape index (κ2) is 20.3. The highest BCUT2D eigenvalue weighted by Crippen LogP contribution is 2.38. The maximum atomic E-state index is 13.6. The van der Waals surface area contributed by atoms with E-state index in [1.54, 1.807) is 0 Å². The van der Waals surface area contributed by atoms with Crippen LogP contribution in [-0.4, -0.2) is 44.1 Å². The van der Waals surface area contributed by atoms with Gasteiger partial charge in [0.25, 0.3) is 8.32 Å². The number of amides is 1. The van der Waals surface area contributed by atoms with Crippen molar-refractivity contribution in [3.8, 4) is 0 Å². The zero-order chi connectivity index (χ0) is 35.7. The van der Waals surface area contributed by atoms with Gasteiger partial charge in [-0.1, -0.05) is 201 Å². The predicted octanol–water partition coefficient (Wildman–Crippen LogP) is 10.7. The summed E-state index contributed by atoms with van der Waals surface area (Å²) < 4.78 is 13.4. The number of rotatable bonds is 22. The average molecular weight is 697 g/mol. The first kappa shape index (κ1) is 39.2. The molecule has 3 aromatic carbocycles. The second-order valence-corrected chi connectivity index (χ2v) is 19.3. The summed E-state index contributed by atoms with van der Waals surface area (Å²) in [5.74, 6) is 0. The van der Waals surface area contributed by atoms with E-state index in [1.165, 1.54) is 64.2 Å². The van der Waals surface area contributed by atoms with Crippen LogP contribution in [0.3, 0.4) is 0 Å². The third-order valence-electron chi connectivity index (χ3n) is 10.3. The highest BCUT2D eigenvalue weighted by atomic mass is 28.4. The molecule has 1 aliphatic rings. The van der Waals surface area contributed by atoms with Gasteiger partial charge in [0.1, 0.15) is 6.10 Å². The molecule has 0 saturated carbocycles. The molecule has 1 saturated heterocycles. The maximum Gasteiger partial charge on any atom is 0.410 e. The van der Waals surface area contributed by atoms with Crippen molar-refractivity contribution in [2.24, 2.45) is 5.11 Å². The molecule has 1 fully saturated rings. The van der Waals surface area contributed by atoms with E-state index in [0.717, 1.165) is 35.2 Å². The van der Waals surface area contributed by atoms with Crippen LogP contribution in [0.25, 0.3) is 10.4 Å². The lowest BCUT2D eigenvalue weighted by atomic mass is 9.96. The first-order chi connectivity index (χ1) is 24.3. The molecule has 3 aromatic rings. The Morgan fingerprint density at radius 1 is 0.780 bits per heavy atom. The van der Waals surface area contributed by atoms with E-state index < -0.39 is 20.5 Å². The van der Waals surface area contributed by atoms with Gasteiger partial charge in [-0.3, -0.25) is 4.90 Å². The summed E-state index contributed by atoms with van der Waals surface area (Å²) in [7, 11) is -2.91. The van der Waals surface area contributed by atoms with Gasteiger partial charge in [0.15, 0.2) is 0 Å². The Hall–Kier alpha value is -3.58. The molecule has 270 valence electrons. The number of nitrogens with zero attached hydrogens (tertiary/aromatic N) is 4. The van der Waals surface area contributed by atoms with Crippen LogP contribution in [-0.2, 0) is 15.7 Å². The van der Waals surface area contributed by atoms with Gasteiger partial charge < -0.3 is 9.16 Å². The van der Waals surface area contributed by atoms with E-state index in [4.69, 9.17) is 9.16 Å². The van der Waals surface area contributed by atoms with Crippen molar-refractivity contribution in [2.75, 3.05) is 6.61 Å². The topological polar surface area (TPSA) is 87.5 Å². The van der Waals surface area contributed by atoms with Gasteiger partial charge in [-0.05, 0) is 32.9 Å². The number of carbonyl (C=O) groups excluding carboxylic acids is 1. The van der Waals surface area contributed by atoms with E-state index in [9.17, 15) is 10.3 Å². The summed E-state index contributed by atoms with van der Waals surface area (Å²) in [6.45, 7) is 9.57. The van der Waals surface area contributed by atoms with Crippen LogP contribution in [0, 0.1) is 0 Å². The van der Waals surface area contributed by atoms with Crippen LogP contribution in [0.4, 0.5) is 4.79 Å². The van der Waals surface area contributed by atoms with Crippen molar-refractivity contribution in [2.45, 2.75) is 141 Å². The molecule has 0 radical (unpaired) electrons. The number of azide groups is 1. The minimum absolute atomic E-state index is 0.156. The fourth-order valence-electron chi connectivity index (χ4n) is 7.62. The second-order valence-electron chi connectivity index (χ2n) is 15.0. The maximum absolute atomic E-state index is 13.6. The fraction of sp³-hybridized carbons (Fsp3) is 0.548. The molecular formula is C42H60N4O3Si. The third-order valence-corrected chi connectivity index (χ3v) is 15.3. The van der Waals surface area contributed by atoms with Crippen LogP contribution in [0.15, 0.2) is 96.1 Å². The Morgan fingerprint density at radius 2 is 1.26 bits per heavy atom. The minimum atomic E-state index is -2.91. The number of carbonyl (C=O) groups is 1. The Bertz CT molecular complexity index is 1400. The Morgan fingerprint density at radius 3 is 1.74 bits per heavy atom. The molecule has 7 nitrogen and oxygen atoms in total. The van der Waals surface area contributed by atoms with Crippen LogP contribution >= 0.6 is 0 Å². The third kappa shape index (κ3) is 10.7. The highest BCUT2D eigenvalue weighted by Gasteiger charge is 2.52. The molecule has 3 atom stereocenters. The number of hydrogen-bond acceptors (Lipinski definition) is 4. The summed E-state index contributed by atoms with van der Waals surface area (Å²) in [5, 5.41) is 6.36. The quantitative estimate of drug-likeness (QED) is 0.0344. The SMILES string of the molecule is CCCCCCCCCCCCCC[C@@H]1[C@@H]([C@H](CO[Si](c2ccccc2)(c2ccccc2)C(C)(C)C)N=[N+]=[N-])OC(=O)N1Cc1ccccc1. The molecule has 1 aliphatic heterocycles. The van der Waals surface area contributed by atoms with Crippen molar-refractivity contribution in [3.63, 3.8) is 0 Å². The normalized spacial score (nSPS) is 17.0. The summed E-state index contributed by atoms with van der Waals surface area (Å²) >= 11 is 0. The van der Waals surface area contributed by atoms with Crippen LogP contribution in [0.1, 0.15) is 117 Å². The molecule has 0 N–H and O–H groups in total. The van der Waals surface area contributed by atoms with Gasteiger partial charge >= 0.3 is 6.09 Å². The standard InChI is InChI=1S/C42H60N4O3Si/c1-5-6-7-8-9-10-11-12-13-14-15-25-32-39-40(49-41(47)46(39)33-35-26-19-16-20-27-35)38(44-45-43)34-48-50(42(2,3)4,36-28-21-17-22-29-36)37-30-23-18-24-31-37/h16-24,26-31,38-40H,5-15,25,32-34H2,1-4H3/t38-,39+,40+/m0/s1. The van der Waals surface area contributed by atoms with E-state index in [1.807, 2.05) is 47.4 Å². The number of benzene rings is 3. The van der Waals surface area contributed by atoms with E-state index >= 15 is 0 Å². The zero-order valence-corrected chi connectivity index (χ0v) is 32.0. The van der Waals surface area contributed by atoms with Crippen molar-refractivity contribution in [1.82, 2.24) is 4.90 Å². The van der Waals surface area contributed by atoms with Crippen LogP contribution < -0.4 is 10.4 Å². The van der Waals surface area contributed by atoms with Crippen molar-refractivity contribution in [1.29, 1.82) is 0 Å². The van der Waals surface area contributed by atoms with Crippen molar-refractivity contribution < 1.29 is 14.0 Å². The lowest BCUT2D eigenvalue weighted by Crippen LogP contribution is -2.67. The van der Waals surface area contributed by atoms with Crippen LogP contribution in [0.5, 0.6) is 0 Å². The van der Waals surface area contributed by atoms with Crippen LogP contribution in [0.2, 0.25) is 5.04 Å². The lowest BCUT2D eigenvalue weighted by Gasteiger charge is -2.43. The highest BCUT2D eigenvalue weighted by molar-refractivity contribution is 6.99. The van der Waals surface area contributed by atoms with Gasteiger partial charge in [0.2, 0.25) is 0 Å². The molecule has 0 bridgehead atoms. The van der Waals surface area contributed by atoms with E-state index in [2.05, 4.69) is 86.3 Å². The molecule has 0 aliphatic carbocycles. The largest absolute Gasteiger partial charge is 0.443 e. The van der Waals surface area contributed by atoms with E-state index in [-0.39, 0.29) is 23.8 Å². The molecule has 0 spiro atoms. The summed E-state index contributed by atoms with van der Waals surface area (Å²) in [5.41, 5.74) is 10.9. The Balaban J connectivity index is 1.50. The number of hydrogen-bond donors (Lipinski definition) is 0. The molecule has 0 unspecified atom stereocenters. The molecule has 0 aromatic heterocycles. The molecular weight excluding hydrogens is 637 g/mol. The Kier molecular flexibility index (Phi) is 15.9. The number of unbranched alkanes of at least 4 members (excludes halogenated alkanes) is 11. The van der Waals surface area contributed by atoms with Gasteiger partial charge in [-0.2, -0.15) is 0 Å². The van der Waals surface area contributed by atoms with Crippen molar-refractivity contribution in [3.05, 3.63) is 107 Å². The minimum Gasteiger partial charge on any atom is -0.443 e. The fourth-order valence-corrected chi connectivity index (χ4v) is 12.2. The summed E-state index contributed by atoms with van der Waals surface area (Å²) in [6.07, 6.45) is 15.1. The lowest BCUT2D eigenvalue weighted by molar-refractivity contribution is 0.0940. The first-order valence-electron chi connectivity index (χ1n) is 19.1. The summed E-state index contributed by atoms with van der Waals surface area (Å²) in [4.78, 5) is 18.7. The Labute approximate surface area is 302 Å². The van der Waals surface area contributed by atoms with Gasteiger partial charge in [-0.25, -0.2) is 4.79 Å². The first-order valence-corrected chi connectivity index (χ1v) is 21.0. The molecule has 8 heteroatoms. The van der Waals surface area contributed by atoms with Gasteiger partial charge in [-0.15, -0.1) is 0 Å². The van der Waals surface area contributed by atoms with E-state index in [0.29, 0.717) is 6.54 Å². The average Bonchev–Trinajstić information content (AvgIpc) is 3.43.